The number of unbranched alkanes of at least 4 members (excludes halogenated alkanes) is 1. The summed E-state index contributed by atoms with van der Waals surface area (Å²) in [6, 6.07) is 23.1. The molecule has 2 aliphatic heterocycles. The number of imide groups is 1. The Morgan fingerprint density at radius 1 is 0.973 bits per heavy atom. The molecule has 4 amide bonds. The van der Waals surface area contributed by atoms with Crippen LogP contribution in [-0.2, 0) is 11.2 Å². The van der Waals surface area contributed by atoms with Gasteiger partial charge in [0.1, 0.15) is 12.1 Å². The highest BCUT2D eigenvalue weighted by Gasteiger charge is 2.53. The Morgan fingerprint density at radius 3 is 2.51 bits per heavy atom. The number of aromatic nitrogens is 1. The van der Waals surface area contributed by atoms with Gasteiger partial charge in [0, 0.05) is 29.6 Å². The summed E-state index contributed by atoms with van der Waals surface area (Å²) in [5.41, 5.74) is 4.53. The third-order valence-electron chi connectivity index (χ3n) is 7.37. The van der Waals surface area contributed by atoms with Crippen molar-refractivity contribution >= 4 is 34.4 Å². The highest BCUT2D eigenvalue weighted by atomic mass is 16.2. The number of carbonyl (C=O) groups is 3. The number of nitrogens with one attached hydrogen (secondary N) is 2. The van der Waals surface area contributed by atoms with Crippen LogP contribution < -0.4 is 10.2 Å². The lowest BCUT2D eigenvalue weighted by Crippen LogP contribution is -2.44. The molecular formula is C30H28N4O3. The Kier molecular flexibility index (Phi) is 5.75. The molecule has 7 nitrogen and oxygen atoms in total. The second kappa shape index (κ2) is 9.24. The number of hydrogen-bond acceptors (Lipinski definition) is 3. The van der Waals surface area contributed by atoms with Crippen molar-refractivity contribution < 1.29 is 14.4 Å². The highest BCUT2D eigenvalue weighted by Crippen LogP contribution is 2.45. The number of aromatic amines is 1. The predicted octanol–water partition coefficient (Wildman–Crippen LogP) is 5.18. The summed E-state index contributed by atoms with van der Waals surface area (Å²) < 4.78 is 0. The molecule has 2 aliphatic rings. The lowest BCUT2D eigenvalue weighted by molar-refractivity contribution is -0.120. The molecule has 6 rings (SSSR count). The molecule has 2 N–H and O–H groups in total. The van der Waals surface area contributed by atoms with Crippen LogP contribution in [0.15, 0.2) is 78.9 Å². The molecular weight excluding hydrogens is 464 g/mol. The lowest BCUT2D eigenvalue weighted by atomic mass is 9.89. The number of anilines is 1. The average molecular weight is 493 g/mol. The molecule has 4 aromatic rings. The Hall–Kier alpha value is -4.39. The van der Waals surface area contributed by atoms with Gasteiger partial charge in [-0.2, -0.15) is 0 Å². The number of amides is 4. The summed E-state index contributed by atoms with van der Waals surface area (Å²) >= 11 is 0. The van der Waals surface area contributed by atoms with Gasteiger partial charge in [0.25, 0.3) is 11.8 Å². The van der Waals surface area contributed by atoms with E-state index in [0.717, 1.165) is 40.6 Å². The minimum absolute atomic E-state index is 0.287. The van der Waals surface area contributed by atoms with Gasteiger partial charge in [-0.1, -0.05) is 74.0 Å². The molecule has 7 heteroatoms. The van der Waals surface area contributed by atoms with Crippen LogP contribution in [0.1, 0.15) is 53.0 Å². The van der Waals surface area contributed by atoms with Gasteiger partial charge >= 0.3 is 6.03 Å². The normalized spacial score (nSPS) is 18.7. The Morgan fingerprint density at radius 2 is 1.70 bits per heavy atom. The van der Waals surface area contributed by atoms with Crippen LogP contribution in [0.2, 0.25) is 0 Å². The standard InChI is InChI=1S/C30H28N4O3/c1-2-3-17-31-28(35)21-14-8-10-16-24(21)34-29(36)25-18-22-20-13-7-9-15-23(20)32-26(22)27(33(25)30(34)37)19-11-5-4-6-12-19/h4-16,25,27,32H,2-3,17-18H2,1H3,(H,31,35)/t25-,27+/m0/s1. The number of fused-ring (bicyclic) bond motifs is 4. The summed E-state index contributed by atoms with van der Waals surface area (Å²) in [6.07, 6.45) is 2.22. The summed E-state index contributed by atoms with van der Waals surface area (Å²) in [5.74, 6) is -0.596. The van der Waals surface area contributed by atoms with Crippen molar-refractivity contribution in [3.05, 3.63) is 101 Å². The van der Waals surface area contributed by atoms with E-state index in [2.05, 4.69) is 23.3 Å². The van der Waals surface area contributed by atoms with E-state index in [1.54, 1.807) is 29.2 Å². The van der Waals surface area contributed by atoms with Gasteiger partial charge in [0.15, 0.2) is 0 Å². The van der Waals surface area contributed by atoms with Crippen molar-refractivity contribution in [3.63, 3.8) is 0 Å². The third kappa shape index (κ3) is 3.69. The molecule has 2 atom stereocenters. The van der Waals surface area contributed by atoms with Crippen LogP contribution in [0.5, 0.6) is 0 Å². The fourth-order valence-corrected chi connectivity index (χ4v) is 5.61. The number of nitrogens with zero attached hydrogens (tertiary/aromatic N) is 2. The SMILES string of the molecule is CCCCNC(=O)c1ccccc1N1C(=O)[C@@H]2Cc3c([nH]c4ccccc34)[C@@H](c3ccccc3)N2C1=O. The van der Waals surface area contributed by atoms with Crippen molar-refractivity contribution in [1.29, 1.82) is 0 Å². The first kappa shape index (κ1) is 23.0. The van der Waals surface area contributed by atoms with E-state index in [4.69, 9.17) is 0 Å². The van der Waals surface area contributed by atoms with Gasteiger partial charge in [-0.3, -0.25) is 14.5 Å². The summed E-state index contributed by atoms with van der Waals surface area (Å²) in [7, 11) is 0. The maximum absolute atomic E-state index is 14.1. The molecule has 0 bridgehead atoms. The van der Waals surface area contributed by atoms with E-state index in [9.17, 15) is 14.4 Å². The summed E-state index contributed by atoms with van der Waals surface area (Å²) in [6.45, 7) is 2.60. The lowest BCUT2D eigenvalue weighted by Gasteiger charge is -2.36. The molecule has 1 fully saturated rings. The van der Waals surface area contributed by atoms with Gasteiger partial charge in [0.05, 0.1) is 11.3 Å². The van der Waals surface area contributed by atoms with E-state index in [1.165, 1.54) is 4.90 Å². The number of rotatable bonds is 6. The zero-order valence-electron chi connectivity index (χ0n) is 20.6. The summed E-state index contributed by atoms with van der Waals surface area (Å²) in [5, 5.41) is 3.98. The first-order valence-electron chi connectivity index (χ1n) is 12.8. The number of para-hydroxylation sites is 2. The fraction of sp³-hybridized carbons (Fsp3) is 0.233. The molecule has 0 radical (unpaired) electrons. The summed E-state index contributed by atoms with van der Waals surface area (Å²) in [4.78, 5) is 47.5. The van der Waals surface area contributed by atoms with E-state index in [1.807, 2.05) is 48.5 Å². The molecule has 0 aliphatic carbocycles. The molecule has 3 aromatic carbocycles. The second-order valence-electron chi connectivity index (χ2n) is 9.59. The number of hydrogen-bond donors (Lipinski definition) is 2. The van der Waals surface area contributed by atoms with Gasteiger partial charge in [0.2, 0.25) is 0 Å². The second-order valence-corrected chi connectivity index (χ2v) is 9.59. The maximum Gasteiger partial charge on any atom is 0.332 e. The molecule has 1 aromatic heterocycles. The van der Waals surface area contributed by atoms with Gasteiger partial charge in [-0.15, -0.1) is 0 Å². The smallest absolute Gasteiger partial charge is 0.332 e. The van der Waals surface area contributed by atoms with E-state index < -0.39 is 18.1 Å². The van der Waals surface area contributed by atoms with Crippen LogP contribution in [-0.4, -0.2) is 40.3 Å². The minimum atomic E-state index is -0.666. The van der Waals surface area contributed by atoms with Crippen LogP contribution in [0, 0.1) is 0 Å². The van der Waals surface area contributed by atoms with E-state index in [-0.39, 0.29) is 11.8 Å². The van der Waals surface area contributed by atoms with Crippen molar-refractivity contribution in [3.8, 4) is 0 Å². The monoisotopic (exact) mass is 492 g/mol. The molecule has 37 heavy (non-hydrogen) atoms. The predicted molar refractivity (Wildman–Crippen MR) is 142 cm³/mol. The van der Waals surface area contributed by atoms with Crippen molar-refractivity contribution in [2.45, 2.75) is 38.3 Å². The first-order chi connectivity index (χ1) is 18.1. The zero-order valence-corrected chi connectivity index (χ0v) is 20.6. The van der Waals surface area contributed by atoms with Gasteiger partial charge in [-0.05, 0) is 35.7 Å². The largest absolute Gasteiger partial charge is 0.356 e. The van der Waals surface area contributed by atoms with Gasteiger partial charge in [-0.25, -0.2) is 9.69 Å². The topological polar surface area (TPSA) is 85.5 Å². The molecule has 3 heterocycles. The highest BCUT2D eigenvalue weighted by molar-refractivity contribution is 6.24. The molecule has 186 valence electrons. The number of H-pyrrole nitrogens is 1. The number of carbonyl (C=O) groups excluding carboxylic acids is 3. The Balaban J connectivity index is 1.45. The van der Waals surface area contributed by atoms with Crippen molar-refractivity contribution in [2.24, 2.45) is 0 Å². The third-order valence-corrected chi connectivity index (χ3v) is 7.37. The quantitative estimate of drug-likeness (QED) is 0.287. The zero-order chi connectivity index (χ0) is 25.5. The first-order valence-corrected chi connectivity index (χ1v) is 12.8. The van der Waals surface area contributed by atoms with E-state index in [0.29, 0.717) is 24.2 Å². The molecule has 1 saturated heterocycles. The maximum atomic E-state index is 14.1. The van der Waals surface area contributed by atoms with Crippen LogP contribution in [0.3, 0.4) is 0 Å². The Labute approximate surface area is 215 Å². The van der Waals surface area contributed by atoms with Crippen LogP contribution in [0.4, 0.5) is 10.5 Å². The van der Waals surface area contributed by atoms with E-state index >= 15 is 0 Å². The average Bonchev–Trinajstić information content (AvgIpc) is 3.42. The number of urea groups is 1. The van der Waals surface area contributed by atoms with Crippen LogP contribution in [0.25, 0.3) is 10.9 Å². The fourth-order valence-electron chi connectivity index (χ4n) is 5.61. The van der Waals surface area contributed by atoms with Crippen molar-refractivity contribution in [2.75, 3.05) is 11.4 Å². The van der Waals surface area contributed by atoms with Crippen LogP contribution >= 0.6 is 0 Å². The van der Waals surface area contributed by atoms with Crippen molar-refractivity contribution in [1.82, 2.24) is 15.2 Å². The Bertz CT molecular complexity index is 1510. The molecule has 0 spiro atoms. The minimum Gasteiger partial charge on any atom is -0.356 e. The molecule has 0 unspecified atom stereocenters. The van der Waals surface area contributed by atoms with Gasteiger partial charge < -0.3 is 10.3 Å². The number of benzene rings is 3. The molecule has 0 saturated carbocycles.